The number of carbonyl (C=O) groups excluding carboxylic acids is 1. The van der Waals surface area contributed by atoms with E-state index < -0.39 is 0 Å². The molecule has 2 aliphatic heterocycles. The molecule has 1 aromatic carbocycles. The second-order valence-electron chi connectivity index (χ2n) is 7.62. The average molecular weight is 420 g/mol. The monoisotopic (exact) mass is 419 g/mol. The second kappa shape index (κ2) is 8.73. The summed E-state index contributed by atoms with van der Waals surface area (Å²) >= 11 is 5.52. The van der Waals surface area contributed by atoms with Crippen molar-refractivity contribution in [1.29, 1.82) is 0 Å². The van der Waals surface area contributed by atoms with E-state index in [4.69, 9.17) is 17.0 Å². The molecule has 1 aromatic heterocycles. The van der Waals surface area contributed by atoms with Crippen LogP contribution in [0.5, 0.6) is 0 Å². The maximum atomic E-state index is 14.2. The minimum atomic E-state index is -0.315. The Kier molecular flexibility index (Phi) is 6.07. The Bertz CT molecular complexity index is 929. The zero-order valence-corrected chi connectivity index (χ0v) is 17.4. The summed E-state index contributed by atoms with van der Waals surface area (Å²) < 4.78 is 23.5. The molecule has 0 aliphatic carbocycles. The van der Waals surface area contributed by atoms with E-state index in [1.807, 2.05) is 4.90 Å². The van der Waals surface area contributed by atoms with Gasteiger partial charge >= 0.3 is 0 Å². The first-order valence-electron chi connectivity index (χ1n) is 10.0. The summed E-state index contributed by atoms with van der Waals surface area (Å²) in [5, 5.41) is 4.57. The van der Waals surface area contributed by atoms with Crippen molar-refractivity contribution in [2.24, 2.45) is 13.0 Å². The molecule has 3 heterocycles. The SMILES string of the molecule is Cn1c(-c2ccccc2F)nn(CN2CCC(C(=O)N3CCOCC3)CC2)c1=S. The Morgan fingerprint density at radius 2 is 1.90 bits per heavy atom. The van der Waals surface area contributed by atoms with E-state index in [0.717, 1.165) is 25.9 Å². The number of ether oxygens (including phenoxy) is 1. The summed E-state index contributed by atoms with van der Waals surface area (Å²) in [7, 11) is 1.81. The van der Waals surface area contributed by atoms with Crippen LogP contribution >= 0.6 is 12.2 Å². The molecule has 0 atom stereocenters. The molecule has 7 nitrogen and oxygen atoms in total. The molecular weight excluding hydrogens is 393 g/mol. The Hall–Kier alpha value is -2.10. The lowest BCUT2D eigenvalue weighted by Crippen LogP contribution is -2.47. The van der Waals surface area contributed by atoms with E-state index in [9.17, 15) is 9.18 Å². The number of hydrogen-bond acceptors (Lipinski definition) is 5. The number of carbonyl (C=O) groups is 1. The molecule has 0 bridgehead atoms. The van der Waals surface area contributed by atoms with Crippen molar-refractivity contribution >= 4 is 18.1 Å². The molecule has 0 radical (unpaired) electrons. The van der Waals surface area contributed by atoms with Crippen LogP contribution in [-0.2, 0) is 23.2 Å². The third-order valence-electron chi connectivity index (χ3n) is 5.75. The third kappa shape index (κ3) is 4.26. The number of hydrogen-bond donors (Lipinski definition) is 0. The fraction of sp³-hybridized carbons (Fsp3) is 0.550. The molecule has 9 heteroatoms. The fourth-order valence-corrected chi connectivity index (χ4v) is 4.19. The first-order chi connectivity index (χ1) is 14.0. The van der Waals surface area contributed by atoms with Crippen LogP contribution in [-0.4, -0.2) is 69.4 Å². The number of halogens is 1. The first kappa shape index (κ1) is 20.2. The molecule has 2 aromatic rings. The molecule has 4 rings (SSSR count). The van der Waals surface area contributed by atoms with Crippen molar-refractivity contribution in [1.82, 2.24) is 24.1 Å². The zero-order chi connectivity index (χ0) is 20.4. The molecular formula is C20H26FN5O2S. The minimum absolute atomic E-state index is 0.0787. The second-order valence-corrected chi connectivity index (χ2v) is 7.98. The normalized spacial score (nSPS) is 18.9. The van der Waals surface area contributed by atoms with Gasteiger partial charge in [0.1, 0.15) is 5.82 Å². The Labute approximate surface area is 174 Å². The highest BCUT2D eigenvalue weighted by atomic mass is 32.1. The van der Waals surface area contributed by atoms with Gasteiger partial charge in [-0.25, -0.2) is 9.07 Å². The van der Waals surface area contributed by atoms with E-state index in [0.29, 0.717) is 49.1 Å². The predicted octanol–water partition coefficient (Wildman–Crippen LogP) is 2.29. The first-order valence-corrected chi connectivity index (χ1v) is 10.4. The molecule has 2 saturated heterocycles. The number of amides is 1. The van der Waals surface area contributed by atoms with E-state index in [1.165, 1.54) is 6.07 Å². The molecule has 1 amide bonds. The van der Waals surface area contributed by atoms with Crippen LogP contribution in [0.25, 0.3) is 11.4 Å². The summed E-state index contributed by atoms with van der Waals surface area (Å²) in [5.74, 6) is 0.537. The highest BCUT2D eigenvalue weighted by Crippen LogP contribution is 2.23. The van der Waals surface area contributed by atoms with Crippen molar-refractivity contribution in [2.45, 2.75) is 19.5 Å². The van der Waals surface area contributed by atoms with Crippen LogP contribution in [0.4, 0.5) is 4.39 Å². The molecule has 0 saturated carbocycles. The standard InChI is InChI=1S/C20H26FN5O2S/c1-23-18(16-4-2-3-5-17(16)21)22-26(20(23)29)14-24-8-6-15(7-9-24)19(27)25-10-12-28-13-11-25/h2-5,15H,6-14H2,1H3. The van der Waals surface area contributed by atoms with Crippen LogP contribution in [0, 0.1) is 16.5 Å². The molecule has 156 valence electrons. The number of nitrogens with zero attached hydrogens (tertiary/aromatic N) is 5. The van der Waals surface area contributed by atoms with E-state index in [-0.39, 0.29) is 17.6 Å². The topological polar surface area (TPSA) is 55.5 Å². The van der Waals surface area contributed by atoms with E-state index >= 15 is 0 Å². The number of benzene rings is 1. The number of piperidine rings is 1. The van der Waals surface area contributed by atoms with Crippen LogP contribution in [0.15, 0.2) is 24.3 Å². The Morgan fingerprint density at radius 1 is 1.21 bits per heavy atom. The Balaban J connectivity index is 1.40. The van der Waals surface area contributed by atoms with Gasteiger partial charge in [0.25, 0.3) is 0 Å². The summed E-state index contributed by atoms with van der Waals surface area (Å²) in [6.45, 7) is 4.82. The molecule has 2 fully saturated rings. The Morgan fingerprint density at radius 3 is 2.59 bits per heavy atom. The summed E-state index contributed by atoms with van der Waals surface area (Å²) in [4.78, 5) is 16.9. The molecule has 2 aliphatic rings. The van der Waals surface area contributed by atoms with Gasteiger partial charge in [0.15, 0.2) is 10.6 Å². The van der Waals surface area contributed by atoms with Crippen LogP contribution < -0.4 is 0 Å². The quantitative estimate of drug-likeness (QED) is 0.712. The minimum Gasteiger partial charge on any atom is -0.378 e. The lowest BCUT2D eigenvalue weighted by atomic mass is 9.95. The average Bonchev–Trinajstić information content (AvgIpc) is 3.03. The van der Waals surface area contributed by atoms with Crippen LogP contribution in [0.3, 0.4) is 0 Å². The third-order valence-corrected chi connectivity index (χ3v) is 6.23. The van der Waals surface area contributed by atoms with Gasteiger partial charge in [0.05, 0.1) is 25.4 Å². The molecule has 0 spiro atoms. The van der Waals surface area contributed by atoms with Crippen molar-refractivity contribution in [3.05, 3.63) is 34.9 Å². The largest absolute Gasteiger partial charge is 0.378 e. The molecule has 0 N–H and O–H groups in total. The highest BCUT2D eigenvalue weighted by molar-refractivity contribution is 7.71. The number of aromatic nitrogens is 3. The maximum absolute atomic E-state index is 14.2. The number of morpholine rings is 1. The predicted molar refractivity (Wildman–Crippen MR) is 109 cm³/mol. The van der Waals surface area contributed by atoms with Crippen molar-refractivity contribution in [3.63, 3.8) is 0 Å². The summed E-state index contributed by atoms with van der Waals surface area (Å²) in [6.07, 6.45) is 1.66. The molecule has 29 heavy (non-hydrogen) atoms. The fourth-order valence-electron chi connectivity index (χ4n) is 4.01. The highest BCUT2D eigenvalue weighted by Gasteiger charge is 2.29. The van der Waals surface area contributed by atoms with Crippen molar-refractivity contribution in [2.75, 3.05) is 39.4 Å². The van der Waals surface area contributed by atoms with E-state index in [1.54, 1.807) is 34.5 Å². The van der Waals surface area contributed by atoms with Crippen LogP contribution in [0.2, 0.25) is 0 Å². The zero-order valence-electron chi connectivity index (χ0n) is 16.6. The lowest BCUT2D eigenvalue weighted by Gasteiger charge is -2.35. The van der Waals surface area contributed by atoms with Gasteiger partial charge in [-0.15, -0.1) is 0 Å². The van der Waals surface area contributed by atoms with Gasteiger partial charge in [-0.1, -0.05) is 12.1 Å². The van der Waals surface area contributed by atoms with Gasteiger partial charge in [-0.05, 0) is 37.2 Å². The maximum Gasteiger partial charge on any atom is 0.225 e. The summed E-state index contributed by atoms with van der Waals surface area (Å²) in [5.41, 5.74) is 0.440. The smallest absolute Gasteiger partial charge is 0.225 e. The van der Waals surface area contributed by atoms with Crippen molar-refractivity contribution < 1.29 is 13.9 Å². The van der Waals surface area contributed by atoms with Gasteiger partial charge < -0.3 is 14.2 Å². The van der Waals surface area contributed by atoms with Gasteiger partial charge in [-0.3, -0.25) is 9.69 Å². The van der Waals surface area contributed by atoms with Crippen molar-refractivity contribution in [3.8, 4) is 11.4 Å². The number of rotatable bonds is 4. The number of likely N-dealkylation sites (tertiary alicyclic amines) is 1. The van der Waals surface area contributed by atoms with Gasteiger partial charge in [-0.2, -0.15) is 5.10 Å². The summed E-state index contributed by atoms with van der Waals surface area (Å²) in [6, 6.07) is 6.58. The van der Waals surface area contributed by atoms with Gasteiger partial charge in [0.2, 0.25) is 5.91 Å². The van der Waals surface area contributed by atoms with Crippen LogP contribution in [0.1, 0.15) is 12.8 Å². The van der Waals surface area contributed by atoms with E-state index in [2.05, 4.69) is 10.00 Å². The van der Waals surface area contributed by atoms with Gasteiger partial charge in [0, 0.05) is 39.1 Å². The molecule has 0 unspecified atom stereocenters. The lowest BCUT2D eigenvalue weighted by molar-refractivity contribution is -0.141.